The van der Waals surface area contributed by atoms with E-state index in [0.29, 0.717) is 18.8 Å². The Morgan fingerprint density at radius 3 is 2.67 bits per heavy atom. The normalized spacial score (nSPS) is 13.6. The number of rotatable bonds is 6. The van der Waals surface area contributed by atoms with E-state index in [2.05, 4.69) is 10.6 Å². The van der Waals surface area contributed by atoms with E-state index in [1.807, 2.05) is 17.0 Å². The smallest absolute Gasteiger partial charge is 0.310 e. The molecule has 1 fully saturated rings. The van der Waals surface area contributed by atoms with Crippen LogP contribution >= 0.6 is 0 Å². The SMILES string of the molecule is O=C1CN(c2ccc(NC(=O)COc3ccccc3[N+](=O)[O-])cc2)CCN1. The van der Waals surface area contributed by atoms with E-state index in [-0.39, 0.29) is 24.0 Å². The first kappa shape index (κ1) is 18.2. The van der Waals surface area contributed by atoms with Crippen LogP contribution in [0.2, 0.25) is 0 Å². The van der Waals surface area contributed by atoms with E-state index in [1.54, 1.807) is 18.2 Å². The van der Waals surface area contributed by atoms with E-state index in [4.69, 9.17) is 4.74 Å². The highest BCUT2D eigenvalue weighted by Gasteiger charge is 2.17. The maximum absolute atomic E-state index is 12.0. The average molecular weight is 370 g/mol. The number of amides is 2. The number of carbonyl (C=O) groups is 2. The molecule has 2 aromatic rings. The maximum atomic E-state index is 12.0. The quantitative estimate of drug-likeness (QED) is 0.589. The van der Waals surface area contributed by atoms with E-state index < -0.39 is 10.8 Å². The largest absolute Gasteiger partial charge is 0.477 e. The molecule has 0 radical (unpaired) electrons. The van der Waals surface area contributed by atoms with Crippen LogP contribution in [0.15, 0.2) is 48.5 Å². The Labute approximate surface area is 155 Å². The van der Waals surface area contributed by atoms with Crippen molar-refractivity contribution in [1.82, 2.24) is 5.32 Å². The second-order valence-electron chi connectivity index (χ2n) is 5.88. The Morgan fingerprint density at radius 1 is 1.22 bits per heavy atom. The molecule has 1 heterocycles. The van der Waals surface area contributed by atoms with Gasteiger partial charge in [-0.25, -0.2) is 0 Å². The molecule has 0 aliphatic carbocycles. The van der Waals surface area contributed by atoms with Gasteiger partial charge in [-0.3, -0.25) is 19.7 Å². The second kappa shape index (κ2) is 8.17. The first-order valence-corrected chi connectivity index (χ1v) is 8.31. The number of nitro groups is 1. The van der Waals surface area contributed by atoms with Crippen molar-refractivity contribution in [3.05, 3.63) is 58.6 Å². The Balaban J connectivity index is 1.55. The van der Waals surface area contributed by atoms with Crippen molar-refractivity contribution in [2.45, 2.75) is 0 Å². The highest BCUT2D eigenvalue weighted by atomic mass is 16.6. The van der Waals surface area contributed by atoms with E-state index in [1.165, 1.54) is 18.2 Å². The molecular weight excluding hydrogens is 352 g/mol. The molecule has 3 rings (SSSR count). The molecule has 1 saturated heterocycles. The Bertz CT molecular complexity index is 853. The molecule has 0 spiro atoms. The average Bonchev–Trinajstić information content (AvgIpc) is 2.67. The van der Waals surface area contributed by atoms with Crippen LogP contribution in [-0.2, 0) is 9.59 Å². The van der Waals surface area contributed by atoms with Gasteiger partial charge in [0, 0.05) is 30.5 Å². The van der Waals surface area contributed by atoms with Crippen molar-refractivity contribution in [3.63, 3.8) is 0 Å². The van der Waals surface area contributed by atoms with Crippen LogP contribution in [0, 0.1) is 10.1 Å². The van der Waals surface area contributed by atoms with Crippen LogP contribution in [-0.4, -0.2) is 43.0 Å². The van der Waals surface area contributed by atoms with Gasteiger partial charge in [-0.15, -0.1) is 0 Å². The number of ether oxygens (including phenoxy) is 1. The fraction of sp³-hybridized carbons (Fsp3) is 0.222. The predicted octanol–water partition coefficient (Wildman–Crippen LogP) is 1.55. The van der Waals surface area contributed by atoms with Gasteiger partial charge in [-0.2, -0.15) is 0 Å². The third-order valence-electron chi connectivity index (χ3n) is 3.98. The lowest BCUT2D eigenvalue weighted by Gasteiger charge is -2.28. The lowest BCUT2D eigenvalue weighted by atomic mass is 10.2. The highest BCUT2D eigenvalue weighted by Crippen LogP contribution is 2.25. The Morgan fingerprint density at radius 2 is 1.96 bits per heavy atom. The van der Waals surface area contributed by atoms with Crippen molar-refractivity contribution >= 4 is 28.9 Å². The first-order valence-electron chi connectivity index (χ1n) is 8.31. The lowest BCUT2D eigenvalue weighted by molar-refractivity contribution is -0.385. The van der Waals surface area contributed by atoms with Gasteiger partial charge < -0.3 is 20.3 Å². The maximum Gasteiger partial charge on any atom is 0.310 e. The number of benzene rings is 2. The number of anilines is 2. The number of carbonyl (C=O) groups excluding carboxylic acids is 2. The fourth-order valence-corrected chi connectivity index (χ4v) is 2.68. The summed E-state index contributed by atoms with van der Waals surface area (Å²) in [6.07, 6.45) is 0. The van der Waals surface area contributed by atoms with Gasteiger partial charge in [-0.1, -0.05) is 12.1 Å². The zero-order valence-electron chi connectivity index (χ0n) is 14.4. The molecule has 9 nitrogen and oxygen atoms in total. The molecule has 2 aromatic carbocycles. The van der Waals surface area contributed by atoms with Crippen molar-refractivity contribution in [2.75, 3.05) is 36.5 Å². The molecule has 0 aromatic heterocycles. The van der Waals surface area contributed by atoms with Crippen molar-refractivity contribution in [2.24, 2.45) is 0 Å². The van der Waals surface area contributed by atoms with Crippen LogP contribution in [0.3, 0.4) is 0 Å². The van der Waals surface area contributed by atoms with Crippen LogP contribution in [0.1, 0.15) is 0 Å². The number of hydrogen-bond donors (Lipinski definition) is 2. The molecule has 1 aliphatic heterocycles. The number of nitrogens with one attached hydrogen (secondary N) is 2. The third kappa shape index (κ3) is 4.72. The predicted molar refractivity (Wildman–Crippen MR) is 98.9 cm³/mol. The van der Waals surface area contributed by atoms with E-state index in [0.717, 1.165) is 12.2 Å². The standard InChI is InChI=1S/C18H18N4O5/c23-17-11-21(10-9-19-17)14-7-5-13(6-8-14)20-18(24)12-27-16-4-2-1-3-15(16)22(25)26/h1-8H,9-12H2,(H,19,23)(H,20,24). The van der Waals surface area contributed by atoms with Crippen LogP contribution in [0.5, 0.6) is 5.75 Å². The third-order valence-corrected chi connectivity index (χ3v) is 3.98. The van der Waals surface area contributed by atoms with Crippen LogP contribution in [0.25, 0.3) is 0 Å². The number of para-hydroxylation sites is 2. The minimum absolute atomic E-state index is 0.0224. The first-order chi connectivity index (χ1) is 13.0. The van der Waals surface area contributed by atoms with E-state index in [9.17, 15) is 19.7 Å². The van der Waals surface area contributed by atoms with Crippen molar-refractivity contribution in [3.8, 4) is 5.75 Å². The molecular formula is C18H18N4O5. The lowest BCUT2D eigenvalue weighted by Crippen LogP contribution is -2.47. The Hall–Kier alpha value is -3.62. The summed E-state index contributed by atoms with van der Waals surface area (Å²) in [4.78, 5) is 35.8. The summed E-state index contributed by atoms with van der Waals surface area (Å²) in [6.45, 7) is 1.27. The fourth-order valence-electron chi connectivity index (χ4n) is 2.68. The molecule has 27 heavy (non-hydrogen) atoms. The summed E-state index contributed by atoms with van der Waals surface area (Å²) < 4.78 is 5.26. The molecule has 0 unspecified atom stereocenters. The highest BCUT2D eigenvalue weighted by molar-refractivity contribution is 5.92. The molecule has 2 amide bonds. The molecule has 0 bridgehead atoms. The summed E-state index contributed by atoms with van der Waals surface area (Å²) in [5, 5.41) is 16.4. The zero-order valence-corrected chi connectivity index (χ0v) is 14.4. The van der Waals surface area contributed by atoms with Crippen molar-refractivity contribution < 1.29 is 19.2 Å². The van der Waals surface area contributed by atoms with Gasteiger partial charge in [-0.05, 0) is 30.3 Å². The van der Waals surface area contributed by atoms with Gasteiger partial charge in [0.15, 0.2) is 12.4 Å². The van der Waals surface area contributed by atoms with E-state index >= 15 is 0 Å². The van der Waals surface area contributed by atoms with Gasteiger partial charge in [0.2, 0.25) is 5.91 Å². The molecule has 1 aliphatic rings. The molecule has 140 valence electrons. The Kier molecular flexibility index (Phi) is 5.50. The molecule has 0 saturated carbocycles. The zero-order chi connectivity index (χ0) is 19.2. The summed E-state index contributed by atoms with van der Waals surface area (Å²) in [5.74, 6) is -0.416. The number of nitro benzene ring substituents is 1. The minimum atomic E-state index is -0.563. The minimum Gasteiger partial charge on any atom is -0.477 e. The van der Waals surface area contributed by atoms with Gasteiger partial charge >= 0.3 is 5.69 Å². The van der Waals surface area contributed by atoms with Gasteiger partial charge in [0.1, 0.15) is 0 Å². The number of hydrogen-bond acceptors (Lipinski definition) is 6. The van der Waals surface area contributed by atoms with Gasteiger partial charge in [0.25, 0.3) is 5.91 Å². The monoisotopic (exact) mass is 370 g/mol. The van der Waals surface area contributed by atoms with Crippen molar-refractivity contribution in [1.29, 1.82) is 0 Å². The molecule has 9 heteroatoms. The van der Waals surface area contributed by atoms with Gasteiger partial charge in [0.05, 0.1) is 11.5 Å². The number of piperazine rings is 1. The molecule has 0 atom stereocenters. The summed E-state index contributed by atoms with van der Waals surface area (Å²) >= 11 is 0. The topological polar surface area (TPSA) is 114 Å². The summed E-state index contributed by atoms with van der Waals surface area (Å²) in [7, 11) is 0. The summed E-state index contributed by atoms with van der Waals surface area (Å²) in [5.41, 5.74) is 1.26. The number of nitrogens with zero attached hydrogens (tertiary/aromatic N) is 2. The second-order valence-corrected chi connectivity index (χ2v) is 5.88. The van der Waals surface area contributed by atoms with Crippen LogP contribution < -0.4 is 20.3 Å². The molecule has 2 N–H and O–H groups in total. The summed E-state index contributed by atoms with van der Waals surface area (Å²) in [6, 6.07) is 13.0. The van der Waals surface area contributed by atoms with Crippen LogP contribution in [0.4, 0.5) is 17.1 Å².